The predicted molar refractivity (Wildman–Crippen MR) is 116 cm³/mol. The Hall–Kier alpha value is -2.52. The van der Waals surface area contributed by atoms with Gasteiger partial charge in [0.05, 0.1) is 19.1 Å². The van der Waals surface area contributed by atoms with E-state index in [1.165, 1.54) is 11.8 Å². The Morgan fingerprint density at radius 2 is 2.14 bits per heavy atom. The SMILES string of the molecule is CCOc1cccc(C2N=c3ccc(Br)cc3=C3C(=O)NC(SC)=NN32)c1OC. The molecule has 0 saturated heterocycles. The number of benzene rings is 2. The first-order chi connectivity index (χ1) is 14.1. The third-order valence-electron chi connectivity index (χ3n) is 4.55. The van der Waals surface area contributed by atoms with Gasteiger partial charge >= 0.3 is 0 Å². The normalized spacial score (nSPS) is 17.6. The van der Waals surface area contributed by atoms with Gasteiger partial charge in [0.2, 0.25) is 0 Å². The fraction of sp³-hybridized carbons (Fsp3) is 0.250. The molecule has 150 valence electrons. The van der Waals surface area contributed by atoms with E-state index in [0.29, 0.717) is 34.3 Å². The number of amidine groups is 1. The molecule has 0 aromatic heterocycles. The highest BCUT2D eigenvalue weighted by Gasteiger charge is 2.36. The first-order valence-corrected chi connectivity index (χ1v) is 11.0. The van der Waals surface area contributed by atoms with Crippen LogP contribution in [-0.4, -0.2) is 36.1 Å². The molecule has 0 fully saturated rings. The molecule has 0 saturated carbocycles. The summed E-state index contributed by atoms with van der Waals surface area (Å²) in [6.07, 6.45) is 1.29. The number of halogens is 1. The highest BCUT2D eigenvalue weighted by molar-refractivity contribution is 9.10. The number of hydrogen-bond donors (Lipinski definition) is 1. The summed E-state index contributed by atoms with van der Waals surface area (Å²) >= 11 is 4.84. The molecule has 2 aliphatic rings. The lowest BCUT2D eigenvalue weighted by Crippen LogP contribution is -2.50. The number of carbonyl (C=O) groups excluding carboxylic acids is 1. The van der Waals surface area contributed by atoms with E-state index in [4.69, 9.17) is 14.5 Å². The summed E-state index contributed by atoms with van der Waals surface area (Å²) in [6.45, 7) is 2.43. The van der Waals surface area contributed by atoms with Gasteiger partial charge in [0.15, 0.2) is 22.8 Å². The largest absolute Gasteiger partial charge is 0.492 e. The molecule has 4 rings (SSSR count). The van der Waals surface area contributed by atoms with E-state index in [0.717, 1.165) is 15.3 Å². The quantitative estimate of drug-likeness (QED) is 0.735. The number of nitrogens with zero attached hydrogens (tertiary/aromatic N) is 3. The van der Waals surface area contributed by atoms with E-state index in [1.54, 1.807) is 12.1 Å². The molecule has 1 unspecified atom stereocenters. The van der Waals surface area contributed by atoms with Crippen molar-refractivity contribution in [1.82, 2.24) is 10.3 Å². The van der Waals surface area contributed by atoms with Crippen LogP contribution in [0.1, 0.15) is 18.7 Å². The number of methoxy groups -OCH3 is 1. The summed E-state index contributed by atoms with van der Waals surface area (Å²) in [5.74, 6) is 0.986. The molecule has 9 heteroatoms. The van der Waals surface area contributed by atoms with E-state index in [-0.39, 0.29) is 5.91 Å². The van der Waals surface area contributed by atoms with Gasteiger partial charge in [0, 0.05) is 15.3 Å². The zero-order valence-electron chi connectivity index (χ0n) is 16.1. The Balaban J connectivity index is 1.99. The minimum atomic E-state index is -0.567. The molecule has 0 radical (unpaired) electrons. The molecule has 1 amide bonds. The van der Waals surface area contributed by atoms with Crippen LogP contribution in [0.3, 0.4) is 0 Å². The summed E-state index contributed by atoms with van der Waals surface area (Å²) in [5, 5.41) is 11.1. The van der Waals surface area contributed by atoms with Gasteiger partial charge in [-0.15, -0.1) is 5.10 Å². The number of nitrogens with one attached hydrogen (secondary N) is 1. The van der Waals surface area contributed by atoms with Gasteiger partial charge in [0.1, 0.15) is 5.70 Å². The maximum Gasteiger partial charge on any atom is 0.276 e. The zero-order chi connectivity index (χ0) is 20.5. The number of hydrogen-bond acceptors (Lipinski definition) is 7. The maximum absolute atomic E-state index is 13.0. The van der Waals surface area contributed by atoms with Crippen LogP contribution in [0.25, 0.3) is 5.70 Å². The number of para-hydroxylation sites is 1. The van der Waals surface area contributed by atoms with Crippen LogP contribution < -0.4 is 25.4 Å². The van der Waals surface area contributed by atoms with E-state index in [9.17, 15) is 4.79 Å². The second kappa shape index (κ2) is 8.08. The van der Waals surface area contributed by atoms with E-state index in [1.807, 2.05) is 49.6 Å². The summed E-state index contributed by atoms with van der Waals surface area (Å²) in [7, 11) is 1.60. The number of ether oxygens (including phenoxy) is 2. The number of fused-ring (bicyclic) bond motifs is 2. The molecule has 1 N–H and O–H groups in total. The molecule has 2 aliphatic heterocycles. The molecule has 0 spiro atoms. The van der Waals surface area contributed by atoms with Crippen molar-refractivity contribution in [3.8, 4) is 11.5 Å². The maximum atomic E-state index is 13.0. The lowest BCUT2D eigenvalue weighted by atomic mass is 10.1. The first kappa shape index (κ1) is 19.8. The Labute approximate surface area is 180 Å². The van der Waals surface area contributed by atoms with Crippen LogP contribution in [-0.2, 0) is 4.79 Å². The Bertz CT molecular complexity index is 1140. The topological polar surface area (TPSA) is 75.5 Å². The molecule has 2 heterocycles. The average Bonchev–Trinajstić information content (AvgIpc) is 2.72. The van der Waals surface area contributed by atoms with Gasteiger partial charge in [0.25, 0.3) is 5.91 Å². The van der Waals surface area contributed by atoms with Crippen LogP contribution in [0.4, 0.5) is 0 Å². The van der Waals surface area contributed by atoms with Gasteiger partial charge in [-0.05, 0) is 37.4 Å². The zero-order valence-corrected chi connectivity index (χ0v) is 18.5. The lowest BCUT2D eigenvalue weighted by Gasteiger charge is -2.34. The van der Waals surface area contributed by atoms with Crippen molar-refractivity contribution in [1.29, 1.82) is 0 Å². The molecule has 1 atom stereocenters. The average molecular weight is 475 g/mol. The van der Waals surface area contributed by atoms with Gasteiger partial charge in [-0.3, -0.25) is 15.1 Å². The number of amides is 1. The number of carbonyl (C=O) groups is 1. The fourth-order valence-corrected chi connectivity index (χ4v) is 4.10. The molecule has 7 nitrogen and oxygen atoms in total. The van der Waals surface area contributed by atoms with Crippen molar-refractivity contribution in [2.75, 3.05) is 20.0 Å². The van der Waals surface area contributed by atoms with Crippen LogP contribution in [0.5, 0.6) is 11.5 Å². The molecule has 2 aromatic carbocycles. The van der Waals surface area contributed by atoms with Crippen LogP contribution >= 0.6 is 27.7 Å². The fourth-order valence-electron chi connectivity index (χ4n) is 3.37. The van der Waals surface area contributed by atoms with Crippen molar-refractivity contribution in [3.63, 3.8) is 0 Å². The molecular formula is C20H19BrN4O3S. The third-order valence-corrected chi connectivity index (χ3v) is 5.62. The monoisotopic (exact) mass is 474 g/mol. The number of hydrazone groups is 1. The van der Waals surface area contributed by atoms with Gasteiger partial charge in [-0.25, -0.2) is 5.01 Å². The van der Waals surface area contributed by atoms with E-state index < -0.39 is 6.17 Å². The van der Waals surface area contributed by atoms with Crippen molar-refractivity contribution < 1.29 is 14.3 Å². The van der Waals surface area contributed by atoms with Crippen molar-refractivity contribution >= 4 is 44.5 Å². The van der Waals surface area contributed by atoms with Gasteiger partial charge < -0.3 is 9.47 Å². The number of thioether (sulfide) groups is 1. The Morgan fingerprint density at radius 1 is 1.31 bits per heavy atom. The molecule has 29 heavy (non-hydrogen) atoms. The van der Waals surface area contributed by atoms with Crippen LogP contribution in [0, 0.1) is 0 Å². The predicted octanol–water partition coefficient (Wildman–Crippen LogP) is 2.36. The van der Waals surface area contributed by atoms with Crippen LogP contribution in [0.2, 0.25) is 0 Å². The van der Waals surface area contributed by atoms with Crippen molar-refractivity contribution in [2.45, 2.75) is 13.1 Å². The molecule has 2 aromatic rings. The minimum Gasteiger partial charge on any atom is -0.492 e. The highest BCUT2D eigenvalue weighted by Crippen LogP contribution is 2.40. The summed E-state index contributed by atoms with van der Waals surface area (Å²) in [5.41, 5.74) is 1.21. The van der Waals surface area contributed by atoms with Crippen molar-refractivity contribution in [3.05, 3.63) is 57.0 Å². The molecular weight excluding hydrogens is 456 g/mol. The lowest BCUT2D eigenvalue weighted by molar-refractivity contribution is -0.116. The Morgan fingerprint density at radius 3 is 2.86 bits per heavy atom. The second-order valence-electron chi connectivity index (χ2n) is 6.23. The molecule has 0 bridgehead atoms. The summed E-state index contributed by atoms with van der Waals surface area (Å²) < 4.78 is 12.3. The van der Waals surface area contributed by atoms with E-state index in [2.05, 4.69) is 26.3 Å². The summed E-state index contributed by atoms with van der Waals surface area (Å²) in [6, 6.07) is 11.3. The van der Waals surface area contributed by atoms with Crippen molar-refractivity contribution in [2.24, 2.45) is 10.1 Å². The highest BCUT2D eigenvalue weighted by atomic mass is 79.9. The first-order valence-electron chi connectivity index (χ1n) is 8.98. The second-order valence-corrected chi connectivity index (χ2v) is 7.94. The van der Waals surface area contributed by atoms with Gasteiger partial charge in [-0.1, -0.05) is 39.8 Å². The standard InChI is InChI=1S/C20H19BrN4O3S/c1-4-28-15-7-5-6-12(17(15)27-2)18-22-14-9-8-11(21)10-13(14)16-19(26)23-20(29-3)24-25(16)18/h5-10,18H,4H2,1-3H3,(H,23,24,26). The smallest absolute Gasteiger partial charge is 0.276 e. The third kappa shape index (κ3) is 3.49. The van der Waals surface area contributed by atoms with E-state index >= 15 is 0 Å². The Kier molecular flexibility index (Phi) is 5.51. The minimum absolute atomic E-state index is 0.219. The van der Waals surface area contributed by atoms with Crippen LogP contribution in [0.15, 0.2) is 51.0 Å². The van der Waals surface area contributed by atoms with Gasteiger partial charge in [-0.2, -0.15) is 0 Å². The summed E-state index contributed by atoms with van der Waals surface area (Å²) in [4.78, 5) is 17.9. The number of rotatable bonds is 4. The molecule has 0 aliphatic carbocycles.